The summed E-state index contributed by atoms with van der Waals surface area (Å²) in [5.41, 5.74) is 2.04. The molecule has 0 fully saturated rings. The van der Waals surface area contributed by atoms with Gasteiger partial charge in [0.15, 0.2) is 0 Å². The van der Waals surface area contributed by atoms with Crippen LogP contribution in [0.3, 0.4) is 0 Å². The summed E-state index contributed by atoms with van der Waals surface area (Å²) < 4.78 is 8.28. The number of hydrogen-bond donors (Lipinski definition) is 6. The number of aliphatic hydroxyl groups excluding tert-OH is 6. The predicted molar refractivity (Wildman–Crippen MR) is 245 cm³/mol. The topological polar surface area (TPSA) is 379 Å². The second-order valence-electron chi connectivity index (χ2n) is 12.8. The summed E-state index contributed by atoms with van der Waals surface area (Å²) in [6.07, 6.45) is -9.10. The molecule has 71 heavy (non-hydrogen) atoms. The van der Waals surface area contributed by atoms with Gasteiger partial charge in [0.05, 0.1) is 35.8 Å². The normalized spacial score (nSPS) is 11.6. The number of aliphatic hydroxyl groups is 6. The number of rotatable bonds is 12. The van der Waals surface area contributed by atoms with Crippen molar-refractivity contribution in [1.29, 1.82) is 0 Å². The molecule has 360 valence electrons. The summed E-state index contributed by atoms with van der Waals surface area (Å²) in [7, 11) is 0.611. The first-order valence-electron chi connectivity index (χ1n) is 19.2. The molecule has 0 radical (unpaired) electrons. The first-order valence-corrected chi connectivity index (χ1v) is 19.8. The molecule has 0 saturated heterocycles. The van der Waals surface area contributed by atoms with E-state index < -0.39 is 72.4 Å². The zero-order valence-corrected chi connectivity index (χ0v) is 44.1. The fraction of sp³-hybridized carbons (Fsp3) is 0.125. The summed E-state index contributed by atoms with van der Waals surface area (Å²) in [6.45, 7) is 0. The molecule has 0 spiro atoms. The van der Waals surface area contributed by atoms with Crippen LogP contribution in [0.2, 0.25) is 0 Å². The molecule has 0 aliphatic rings. The zero-order valence-electron chi connectivity index (χ0n) is 37.6. The minimum Gasteiger partial charge on any atom is -0.547 e. The molecule has 6 aromatic rings. The van der Waals surface area contributed by atoms with Gasteiger partial charge in [-0.3, -0.25) is 0 Å². The number of carboxylic acid groups (broad SMARTS) is 6. The van der Waals surface area contributed by atoms with E-state index in [1.165, 1.54) is 72.8 Å². The number of hydrogen-bond acceptors (Lipinski definition) is 19. The van der Waals surface area contributed by atoms with Crippen LogP contribution < -0.4 is 30.6 Å². The van der Waals surface area contributed by atoms with Crippen molar-refractivity contribution in [1.82, 2.24) is 0 Å². The van der Waals surface area contributed by atoms with Gasteiger partial charge in [0.2, 0.25) is 10.1 Å². The molecule has 0 heterocycles. The van der Waals surface area contributed by atoms with Crippen molar-refractivity contribution in [2.75, 3.05) is 0 Å². The van der Waals surface area contributed by atoms with E-state index >= 15 is 0 Å². The van der Waals surface area contributed by atoms with Gasteiger partial charge < -0.3 is 94.5 Å². The minimum absolute atomic E-state index is 0. The van der Waals surface area contributed by atoms with Crippen LogP contribution >= 0.6 is 0 Å². The van der Waals surface area contributed by atoms with Gasteiger partial charge in [0.25, 0.3) is 0 Å². The fourth-order valence-corrected chi connectivity index (χ4v) is 4.63. The Balaban J connectivity index is -0.000000373. The quantitative estimate of drug-likeness (QED) is 0.0623. The second-order valence-corrected chi connectivity index (χ2v) is 12.8. The van der Waals surface area contributed by atoms with Crippen molar-refractivity contribution in [3.63, 3.8) is 0 Å². The number of benzene rings is 6. The third kappa shape index (κ3) is 30.9. The molecule has 6 aromatic carbocycles. The first-order chi connectivity index (χ1) is 32.3. The number of carbonyl (C=O) groups is 6. The van der Waals surface area contributed by atoms with Crippen LogP contribution in [0.4, 0.5) is 0 Å². The van der Waals surface area contributed by atoms with Crippen LogP contribution in [0, 0.1) is 0 Å². The Kier molecular flexibility index (Phi) is 43.1. The van der Waals surface area contributed by atoms with E-state index in [9.17, 15) is 59.4 Å². The monoisotopic (exact) mass is 1040 g/mol. The Labute approximate surface area is 472 Å². The molecule has 23 heteroatoms. The van der Waals surface area contributed by atoms with Gasteiger partial charge in [-0.1, -0.05) is 182 Å². The van der Waals surface area contributed by atoms with Gasteiger partial charge in [-0.05, 0) is 33.4 Å². The van der Waals surface area contributed by atoms with Gasteiger partial charge in [-0.15, -0.1) is 0 Å². The predicted octanol–water partition coefficient (Wildman–Crippen LogP) is -5.36. The Morgan fingerprint density at radius 3 is 0.423 bits per heavy atom. The average molecular weight is 1040 g/mol. The zero-order chi connectivity index (χ0) is 51.6. The molecular weight excluding hydrogens is 997 g/mol. The van der Waals surface area contributed by atoms with Crippen LogP contribution in [0.25, 0.3) is 0 Å². The van der Waals surface area contributed by atoms with Crippen LogP contribution in [0.1, 0.15) is 70.0 Å². The molecule has 0 saturated carbocycles. The maximum Gasteiger partial charge on any atom is 2.00 e. The summed E-state index contributed by atoms with van der Waals surface area (Å²) in [5, 5.41) is 114. The Hall–Kier alpha value is -5.29. The second kappa shape index (κ2) is 42.4. The number of carbonyl (C=O) groups excluding carboxylic acids is 6. The van der Waals surface area contributed by atoms with E-state index in [0.29, 0.717) is 43.5 Å². The Bertz CT molecular complexity index is 1930. The van der Waals surface area contributed by atoms with Crippen molar-refractivity contribution in [3.05, 3.63) is 215 Å². The maximum atomic E-state index is 10.1. The van der Waals surface area contributed by atoms with Crippen molar-refractivity contribution < 1.29 is 94.5 Å². The van der Waals surface area contributed by atoms with Crippen molar-refractivity contribution >= 4 is 130 Å². The molecule has 0 aromatic heterocycles. The Morgan fingerprint density at radius 1 is 0.268 bits per heavy atom. The first kappa shape index (κ1) is 72.3. The smallest absolute Gasteiger partial charge is 0.547 e. The van der Waals surface area contributed by atoms with Gasteiger partial charge in [-0.2, -0.15) is 0 Å². The molecule has 6 rings (SSSR count). The molecule has 19 nitrogen and oxygen atoms in total. The molecule has 6 atom stereocenters. The van der Waals surface area contributed by atoms with E-state index in [-0.39, 0.29) is 83.8 Å². The molecular formula is C48H44CaMg2O19Si. The van der Waals surface area contributed by atoms with E-state index in [2.05, 4.69) is 0 Å². The molecule has 0 aliphatic heterocycles. The maximum absolute atomic E-state index is 10.1. The summed E-state index contributed by atoms with van der Waals surface area (Å²) >= 11 is 0. The molecule has 0 amide bonds. The Morgan fingerprint density at radius 2 is 0.352 bits per heavy atom. The van der Waals surface area contributed by atoms with Gasteiger partial charge in [-0.25, -0.2) is 0 Å². The number of aliphatic carboxylic acids is 6. The molecule has 0 bridgehead atoms. The van der Waals surface area contributed by atoms with Crippen LogP contribution in [-0.4, -0.2) is 160 Å². The van der Waals surface area contributed by atoms with Gasteiger partial charge in [0, 0.05) is 0 Å². The molecule has 6 unspecified atom stereocenters. The third-order valence-electron chi connectivity index (χ3n) is 8.03. The van der Waals surface area contributed by atoms with E-state index in [0.717, 1.165) is 0 Å². The van der Waals surface area contributed by atoms with Crippen LogP contribution in [-0.2, 0) is 33.2 Å². The largest absolute Gasteiger partial charge is 2.00 e. The standard InChI is InChI=1S/6C8H8O3.Ca.2Mg.H2OSi/c6*9-7(8(10)11)6-4-2-1-3-5-6;;;;1-2/h6*1-5,7,9H,(H,10,11);;;;2H2/q;;;;;;3*+2;/p-6. The third-order valence-corrected chi connectivity index (χ3v) is 8.03. The fourth-order valence-electron chi connectivity index (χ4n) is 4.63. The van der Waals surface area contributed by atoms with E-state index in [4.69, 9.17) is 35.1 Å². The van der Waals surface area contributed by atoms with E-state index in [1.807, 2.05) is 0 Å². The van der Waals surface area contributed by atoms with E-state index in [1.54, 1.807) is 109 Å². The molecule has 0 aliphatic carbocycles. The van der Waals surface area contributed by atoms with Crippen LogP contribution in [0.15, 0.2) is 182 Å². The van der Waals surface area contributed by atoms with Crippen molar-refractivity contribution in [2.24, 2.45) is 0 Å². The molecule has 6 N–H and O–H groups in total. The van der Waals surface area contributed by atoms with Gasteiger partial charge >= 0.3 is 83.8 Å². The van der Waals surface area contributed by atoms with Crippen molar-refractivity contribution in [2.45, 2.75) is 36.6 Å². The average Bonchev–Trinajstić information content (AvgIpc) is 3.37. The summed E-state index contributed by atoms with van der Waals surface area (Å²) in [5.74, 6) is -8.85. The summed E-state index contributed by atoms with van der Waals surface area (Å²) in [6, 6.07) is 48.6. The van der Waals surface area contributed by atoms with Crippen molar-refractivity contribution in [3.8, 4) is 0 Å². The van der Waals surface area contributed by atoms with Crippen LogP contribution in [0.5, 0.6) is 0 Å². The summed E-state index contributed by atoms with van der Waals surface area (Å²) in [4.78, 5) is 60.8. The number of carboxylic acids is 6. The SMILES string of the molecule is O=C([O-])C(O)c1ccccc1.O=C([O-])C(O)c1ccccc1.O=C([O-])C(O)c1ccccc1.O=C([O-])C(O)c1ccccc1.O=C([O-])C(O)c1ccccc1.O=C([O-])C(O)c1ccccc1.O=[SiH2].[Ca+2].[Mg+2].[Mg+2]. The van der Waals surface area contributed by atoms with Gasteiger partial charge in [0.1, 0.15) is 36.6 Å². The minimum atomic E-state index is -1.52.